The van der Waals surface area contributed by atoms with Crippen LogP contribution in [-0.2, 0) is 22.5 Å². The molecule has 0 spiro atoms. The Morgan fingerprint density at radius 1 is 1.07 bits per heavy atom. The van der Waals surface area contributed by atoms with Gasteiger partial charge in [-0.1, -0.05) is 59.8 Å². The summed E-state index contributed by atoms with van der Waals surface area (Å²) in [6.45, 7) is 3.26. The minimum absolute atomic E-state index is 0.219. The van der Waals surface area contributed by atoms with Crippen molar-refractivity contribution in [2.75, 3.05) is 13.7 Å². The van der Waals surface area contributed by atoms with Gasteiger partial charge in [-0.2, -0.15) is 0 Å². The maximum atomic E-state index is 11.9. The Morgan fingerprint density at radius 3 is 2.44 bits per heavy atom. The van der Waals surface area contributed by atoms with Crippen LogP contribution in [0.15, 0.2) is 59.1 Å². The third-order valence-electron chi connectivity index (χ3n) is 5.21. The van der Waals surface area contributed by atoms with Gasteiger partial charge in [-0.3, -0.25) is 9.69 Å². The molecule has 0 unspecified atom stereocenters. The molecule has 0 bridgehead atoms. The average molecular weight is 362 g/mol. The molecule has 1 aromatic heterocycles. The number of hydrogen-bond acceptors (Lipinski definition) is 5. The fourth-order valence-corrected chi connectivity index (χ4v) is 3.56. The van der Waals surface area contributed by atoms with E-state index in [1.165, 1.54) is 12.7 Å². The number of aromatic nitrogens is 1. The van der Waals surface area contributed by atoms with Crippen LogP contribution in [-0.4, -0.2) is 35.7 Å². The molecule has 2 aromatic carbocycles. The highest BCUT2D eigenvalue weighted by molar-refractivity contribution is 5.75. The van der Waals surface area contributed by atoms with E-state index >= 15 is 0 Å². The summed E-state index contributed by atoms with van der Waals surface area (Å²) in [5.74, 6) is 0.689. The molecule has 0 radical (unpaired) electrons. The predicted octanol–water partition coefficient (Wildman–Crippen LogP) is 3.93. The molecule has 5 heteroatoms. The first-order valence-corrected chi connectivity index (χ1v) is 9.12. The van der Waals surface area contributed by atoms with Crippen molar-refractivity contribution in [2.24, 2.45) is 0 Å². The first-order valence-electron chi connectivity index (χ1n) is 9.12. The average Bonchev–Trinajstić information content (AvgIpc) is 3.16. The number of ether oxygens (including phenoxy) is 1. The molecular formula is C22H22N2O3. The number of benzene rings is 2. The van der Waals surface area contributed by atoms with Crippen LogP contribution in [0.1, 0.15) is 18.2 Å². The zero-order valence-corrected chi connectivity index (χ0v) is 15.5. The number of hydrogen-bond donors (Lipinski definition) is 0. The zero-order chi connectivity index (χ0) is 18.8. The molecule has 5 nitrogen and oxygen atoms in total. The Hall–Kier alpha value is -2.92. The van der Waals surface area contributed by atoms with E-state index in [1.54, 1.807) is 0 Å². The fourth-order valence-electron chi connectivity index (χ4n) is 3.56. The molecule has 0 saturated carbocycles. The molecule has 1 aliphatic rings. The minimum atomic E-state index is -0.286. The fraction of sp³-hybridized carbons (Fsp3) is 0.273. The van der Waals surface area contributed by atoms with Crippen LogP contribution < -0.4 is 0 Å². The predicted molar refractivity (Wildman–Crippen MR) is 103 cm³/mol. The van der Waals surface area contributed by atoms with Gasteiger partial charge < -0.3 is 9.26 Å². The van der Waals surface area contributed by atoms with Crippen LogP contribution in [0.25, 0.3) is 22.4 Å². The number of nitrogens with zero attached hydrogens (tertiary/aromatic N) is 2. The number of esters is 1. The standard InChI is InChI=1S/C22H22N2O3/c1-15(22(25)26-2)24-13-12-20-19(14-24)21(23-27-20)18-10-8-17(9-11-18)16-6-4-3-5-7-16/h3-11,15H,12-14H2,1-2H3/t15-/m1/s1. The van der Waals surface area contributed by atoms with E-state index in [0.717, 1.165) is 41.1 Å². The van der Waals surface area contributed by atoms with E-state index < -0.39 is 0 Å². The second kappa shape index (κ2) is 7.37. The van der Waals surface area contributed by atoms with Crippen LogP contribution in [0.3, 0.4) is 0 Å². The number of fused-ring (bicyclic) bond motifs is 1. The maximum absolute atomic E-state index is 11.9. The van der Waals surface area contributed by atoms with Crippen LogP contribution >= 0.6 is 0 Å². The van der Waals surface area contributed by atoms with Crippen molar-refractivity contribution in [2.45, 2.75) is 25.9 Å². The van der Waals surface area contributed by atoms with Crippen LogP contribution in [0, 0.1) is 0 Å². The SMILES string of the molecule is COC(=O)[C@@H](C)N1CCc2onc(-c3ccc(-c4ccccc4)cc3)c2C1. The molecule has 0 saturated heterocycles. The molecule has 1 aliphatic heterocycles. The Balaban J connectivity index is 1.60. The van der Waals surface area contributed by atoms with Crippen molar-refractivity contribution in [1.29, 1.82) is 0 Å². The molecule has 4 rings (SSSR count). The third kappa shape index (κ3) is 3.38. The molecule has 0 fully saturated rings. The van der Waals surface area contributed by atoms with Crippen molar-refractivity contribution >= 4 is 5.97 Å². The lowest BCUT2D eigenvalue weighted by Crippen LogP contribution is -2.42. The number of rotatable bonds is 4. The van der Waals surface area contributed by atoms with Crippen molar-refractivity contribution in [3.05, 3.63) is 65.9 Å². The zero-order valence-electron chi connectivity index (χ0n) is 15.5. The van der Waals surface area contributed by atoms with Gasteiger partial charge in [0.05, 0.1) is 7.11 Å². The monoisotopic (exact) mass is 362 g/mol. The normalized spacial score (nSPS) is 15.2. The highest BCUT2D eigenvalue weighted by Crippen LogP contribution is 2.32. The summed E-state index contributed by atoms with van der Waals surface area (Å²) in [5.41, 5.74) is 5.28. The van der Waals surface area contributed by atoms with Crippen molar-refractivity contribution in [3.8, 4) is 22.4 Å². The summed E-state index contributed by atoms with van der Waals surface area (Å²) in [6.07, 6.45) is 0.742. The Morgan fingerprint density at radius 2 is 1.74 bits per heavy atom. The quantitative estimate of drug-likeness (QED) is 0.658. The van der Waals surface area contributed by atoms with E-state index in [2.05, 4.69) is 46.5 Å². The van der Waals surface area contributed by atoms with E-state index in [0.29, 0.717) is 6.54 Å². The molecule has 3 aromatic rings. The summed E-state index contributed by atoms with van der Waals surface area (Å²) in [4.78, 5) is 14.0. The smallest absolute Gasteiger partial charge is 0.322 e. The summed E-state index contributed by atoms with van der Waals surface area (Å²) in [6, 6.07) is 18.3. The van der Waals surface area contributed by atoms with Crippen molar-refractivity contribution in [1.82, 2.24) is 10.1 Å². The van der Waals surface area contributed by atoms with Gasteiger partial charge in [0.15, 0.2) is 0 Å². The molecule has 1 atom stereocenters. The van der Waals surface area contributed by atoms with Crippen molar-refractivity contribution in [3.63, 3.8) is 0 Å². The second-order valence-electron chi connectivity index (χ2n) is 6.80. The Labute approximate surface area is 158 Å². The van der Waals surface area contributed by atoms with Crippen LogP contribution in [0.2, 0.25) is 0 Å². The van der Waals surface area contributed by atoms with Gasteiger partial charge in [0.1, 0.15) is 17.5 Å². The lowest BCUT2D eigenvalue weighted by atomic mass is 9.98. The maximum Gasteiger partial charge on any atom is 0.322 e. The van der Waals surface area contributed by atoms with E-state index in [-0.39, 0.29) is 12.0 Å². The third-order valence-corrected chi connectivity index (χ3v) is 5.21. The Bertz CT molecular complexity index is 932. The van der Waals surface area contributed by atoms with Crippen LogP contribution in [0.5, 0.6) is 0 Å². The van der Waals surface area contributed by atoms with E-state index in [1.807, 2.05) is 25.1 Å². The molecule has 0 amide bonds. The van der Waals surface area contributed by atoms with Gasteiger partial charge in [-0.05, 0) is 18.1 Å². The molecule has 0 aliphatic carbocycles. The minimum Gasteiger partial charge on any atom is -0.468 e. The largest absolute Gasteiger partial charge is 0.468 e. The van der Waals surface area contributed by atoms with Gasteiger partial charge in [-0.25, -0.2) is 0 Å². The Kier molecular flexibility index (Phi) is 4.77. The number of carbonyl (C=O) groups excluding carboxylic acids is 1. The van der Waals surface area contributed by atoms with Gasteiger partial charge in [0, 0.05) is 30.6 Å². The first kappa shape index (κ1) is 17.5. The topological polar surface area (TPSA) is 55.6 Å². The molecule has 138 valence electrons. The van der Waals surface area contributed by atoms with Gasteiger partial charge >= 0.3 is 5.97 Å². The van der Waals surface area contributed by atoms with Gasteiger partial charge in [0.2, 0.25) is 0 Å². The van der Waals surface area contributed by atoms with Crippen LogP contribution in [0.4, 0.5) is 0 Å². The number of carbonyl (C=O) groups is 1. The molecular weight excluding hydrogens is 340 g/mol. The highest BCUT2D eigenvalue weighted by atomic mass is 16.5. The van der Waals surface area contributed by atoms with Crippen molar-refractivity contribution < 1.29 is 14.1 Å². The second-order valence-corrected chi connectivity index (χ2v) is 6.80. The van der Waals surface area contributed by atoms with E-state index in [4.69, 9.17) is 9.26 Å². The van der Waals surface area contributed by atoms with Gasteiger partial charge in [-0.15, -0.1) is 0 Å². The highest BCUT2D eigenvalue weighted by Gasteiger charge is 2.30. The molecule has 0 N–H and O–H groups in total. The summed E-state index contributed by atoms with van der Waals surface area (Å²) in [7, 11) is 1.42. The summed E-state index contributed by atoms with van der Waals surface area (Å²) < 4.78 is 10.5. The molecule has 2 heterocycles. The first-order chi connectivity index (χ1) is 13.2. The number of methoxy groups -OCH3 is 1. The van der Waals surface area contributed by atoms with E-state index in [9.17, 15) is 4.79 Å². The summed E-state index contributed by atoms with van der Waals surface area (Å²) >= 11 is 0. The lowest BCUT2D eigenvalue weighted by molar-refractivity contribution is -0.146. The molecule has 27 heavy (non-hydrogen) atoms. The van der Waals surface area contributed by atoms with Gasteiger partial charge in [0.25, 0.3) is 0 Å². The lowest BCUT2D eigenvalue weighted by Gasteiger charge is -2.30. The summed E-state index contributed by atoms with van der Waals surface area (Å²) in [5, 5.41) is 4.31.